The lowest BCUT2D eigenvalue weighted by molar-refractivity contribution is -0.124. The Morgan fingerprint density at radius 2 is 1.95 bits per heavy atom. The number of esters is 1. The molecule has 2 rings (SSSR count). The molecule has 120 valence electrons. The van der Waals surface area contributed by atoms with Crippen molar-refractivity contribution < 1.29 is 27.9 Å². The van der Waals surface area contributed by atoms with E-state index >= 15 is 0 Å². The summed E-state index contributed by atoms with van der Waals surface area (Å²) in [6, 6.07) is 5.74. The molecule has 1 amide bonds. The lowest BCUT2D eigenvalue weighted by Gasteiger charge is -2.11. The number of carbonyl (C=O) groups is 2. The monoisotopic (exact) mass is 327 g/mol. The molecular weight excluding hydrogens is 310 g/mol. The Hall–Kier alpha value is -1.93. The number of aliphatic hydroxyl groups excluding tert-OH is 1. The molecule has 0 bridgehead atoms. The van der Waals surface area contributed by atoms with Crippen molar-refractivity contribution in [3.05, 3.63) is 35.4 Å². The van der Waals surface area contributed by atoms with E-state index in [2.05, 4.69) is 5.32 Å². The smallest absolute Gasteiger partial charge is 0.338 e. The highest BCUT2D eigenvalue weighted by atomic mass is 32.2. The summed E-state index contributed by atoms with van der Waals surface area (Å²) in [5, 5.41) is 11.4. The van der Waals surface area contributed by atoms with Crippen molar-refractivity contribution in [1.29, 1.82) is 0 Å². The van der Waals surface area contributed by atoms with E-state index in [1.165, 1.54) is 12.1 Å². The number of ether oxygens (including phenoxy) is 1. The van der Waals surface area contributed by atoms with Crippen LogP contribution in [0.3, 0.4) is 0 Å². The van der Waals surface area contributed by atoms with Gasteiger partial charge in [-0.05, 0) is 24.1 Å². The van der Waals surface area contributed by atoms with Crippen LogP contribution in [0.15, 0.2) is 24.3 Å². The van der Waals surface area contributed by atoms with Gasteiger partial charge >= 0.3 is 5.97 Å². The maximum Gasteiger partial charge on any atom is 0.338 e. The van der Waals surface area contributed by atoms with Crippen molar-refractivity contribution in [1.82, 2.24) is 5.32 Å². The van der Waals surface area contributed by atoms with E-state index in [1.807, 2.05) is 0 Å². The number of benzene rings is 1. The Labute approximate surface area is 128 Å². The van der Waals surface area contributed by atoms with Gasteiger partial charge in [-0.25, -0.2) is 13.2 Å². The van der Waals surface area contributed by atoms with Crippen LogP contribution in [0.25, 0.3) is 0 Å². The van der Waals surface area contributed by atoms with E-state index in [0.717, 1.165) is 0 Å². The molecule has 0 spiro atoms. The normalized spacial score (nSPS) is 19.6. The SMILES string of the molecule is O=C(COC(=O)c1ccc(CO)cc1)NC1CCS(=O)(=O)C1. The van der Waals surface area contributed by atoms with Crippen LogP contribution in [0.4, 0.5) is 0 Å². The second kappa shape index (κ2) is 6.89. The maximum absolute atomic E-state index is 11.7. The third-order valence-electron chi connectivity index (χ3n) is 3.30. The third kappa shape index (κ3) is 4.54. The van der Waals surface area contributed by atoms with Crippen molar-refractivity contribution in [2.75, 3.05) is 18.1 Å². The summed E-state index contributed by atoms with van der Waals surface area (Å²) < 4.78 is 27.4. The maximum atomic E-state index is 11.7. The van der Waals surface area contributed by atoms with E-state index in [9.17, 15) is 18.0 Å². The Kier molecular flexibility index (Phi) is 5.15. The number of aliphatic hydroxyl groups is 1. The molecule has 0 aromatic heterocycles. The number of nitrogens with one attached hydrogen (secondary N) is 1. The van der Waals surface area contributed by atoms with Crippen LogP contribution in [0.5, 0.6) is 0 Å². The predicted molar refractivity (Wildman–Crippen MR) is 77.8 cm³/mol. The van der Waals surface area contributed by atoms with Gasteiger partial charge < -0.3 is 15.2 Å². The molecule has 8 heteroatoms. The topological polar surface area (TPSA) is 110 Å². The Balaban J connectivity index is 1.79. The zero-order valence-electron chi connectivity index (χ0n) is 11.8. The second-order valence-corrected chi connectivity index (χ2v) is 7.33. The van der Waals surface area contributed by atoms with Gasteiger partial charge in [0.15, 0.2) is 16.4 Å². The van der Waals surface area contributed by atoms with Crippen LogP contribution in [-0.4, -0.2) is 49.6 Å². The van der Waals surface area contributed by atoms with Crippen LogP contribution in [-0.2, 0) is 26.0 Å². The number of rotatable bonds is 5. The number of carbonyl (C=O) groups excluding carboxylic acids is 2. The molecule has 2 N–H and O–H groups in total. The second-order valence-electron chi connectivity index (χ2n) is 5.10. The molecule has 22 heavy (non-hydrogen) atoms. The summed E-state index contributed by atoms with van der Waals surface area (Å²) in [6.07, 6.45) is 0.380. The molecule has 1 aliphatic heterocycles. The van der Waals surface area contributed by atoms with Gasteiger partial charge in [0.1, 0.15) is 0 Å². The summed E-state index contributed by atoms with van der Waals surface area (Å²) in [6.45, 7) is -0.584. The molecule has 1 aliphatic rings. The van der Waals surface area contributed by atoms with Crippen LogP contribution in [0.2, 0.25) is 0 Å². The van der Waals surface area contributed by atoms with Crippen LogP contribution in [0, 0.1) is 0 Å². The van der Waals surface area contributed by atoms with E-state index in [4.69, 9.17) is 9.84 Å². The van der Waals surface area contributed by atoms with Gasteiger partial charge in [-0.15, -0.1) is 0 Å². The van der Waals surface area contributed by atoms with Gasteiger partial charge in [-0.2, -0.15) is 0 Å². The van der Waals surface area contributed by atoms with Gasteiger partial charge in [-0.1, -0.05) is 12.1 Å². The first-order chi connectivity index (χ1) is 10.4. The highest BCUT2D eigenvalue weighted by Crippen LogP contribution is 2.11. The van der Waals surface area contributed by atoms with Gasteiger partial charge in [0.2, 0.25) is 0 Å². The fourth-order valence-corrected chi connectivity index (χ4v) is 3.81. The molecule has 7 nitrogen and oxygen atoms in total. The lowest BCUT2D eigenvalue weighted by atomic mass is 10.1. The molecule has 1 aromatic carbocycles. The van der Waals surface area contributed by atoms with E-state index in [1.54, 1.807) is 12.1 Å². The Morgan fingerprint density at radius 1 is 1.27 bits per heavy atom. The fourth-order valence-electron chi connectivity index (χ4n) is 2.14. The first-order valence-corrected chi connectivity index (χ1v) is 8.58. The molecular formula is C14H17NO6S. The minimum Gasteiger partial charge on any atom is -0.452 e. The van der Waals surface area contributed by atoms with Gasteiger partial charge in [0.05, 0.1) is 23.7 Å². The summed E-state index contributed by atoms with van der Waals surface area (Å²) >= 11 is 0. The number of sulfone groups is 1. The molecule has 1 saturated heterocycles. The highest BCUT2D eigenvalue weighted by Gasteiger charge is 2.29. The summed E-state index contributed by atoms with van der Waals surface area (Å²) in [4.78, 5) is 23.4. The van der Waals surface area contributed by atoms with E-state index in [0.29, 0.717) is 12.0 Å². The van der Waals surface area contributed by atoms with Crippen LogP contribution in [0.1, 0.15) is 22.3 Å². The first kappa shape index (κ1) is 16.4. The van der Waals surface area contributed by atoms with Crippen molar-refractivity contribution >= 4 is 21.7 Å². The van der Waals surface area contributed by atoms with Crippen molar-refractivity contribution in [3.8, 4) is 0 Å². The fraction of sp³-hybridized carbons (Fsp3) is 0.429. The van der Waals surface area contributed by atoms with Gasteiger partial charge in [0, 0.05) is 6.04 Å². The zero-order chi connectivity index (χ0) is 16.2. The molecule has 0 radical (unpaired) electrons. The van der Waals surface area contributed by atoms with Crippen molar-refractivity contribution in [3.63, 3.8) is 0 Å². The molecule has 0 aliphatic carbocycles. The van der Waals surface area contributed by atoms with Gasteiger partial charge in [0.25, 0.3) is 5.91 Å². The number of hydrogen-bond donors (Lipinski definition) is 2. The number of amides is 1. The first-order valence-electron chi connectivity index (χ1n) is 6.76. The molecule has 1 heterocycles. The molecule has 1 unspecified atom stereocenters. The molecule has 0 saturated carbocycles. The lowest BCUT2D eigenvalue weighted by Crippen LogP contribution is -2.38. The highest BCUT2D eigenvalue weighted by molar-refractivity contribution is 7.91. The van der Waals surface area contributed by atoms with Gasteiger partial charge in [-0.3, -0.25) is 4.79 Å². The average molecular weight is 327 g/mol. The van der Waals surface area contributed by atoms with Crippen LogP contribution >= 0.6 is 0 Å². The molecule has 1 atom stereocenters. The number of hydrogen-bond acceptors (Lipinski definition) is 6. The molecule has 1 fully saturated rings. The van der Waals surface area contributed by atoms with E-state index in [-0.39, 0.29) is 23.7 Å². The van der Waals surface area contributed by atoms with Crippen molar-refractivity contribution in [2.45, 2.75) is 19.1 Å². The summed E-state index contributed by atoms with van der Waals surface area (Å²) in [5.41, 5.74) is 0.935. The molecule has 1 aromatic rings. The zero-order valence-corrected chi connectivity index (χ0v) is 12.6. The summed E-state index contributed by atoms with van der Waals surface area (Å²) in [7, 11) is -3.06. The standard InChI is InChI=1S/C14H17NO6S/c16-7-10-1-3-11(4-2-10)14(18)21-8-13(17)15-12-5-6-22(19,20)9-12/h1-4,12,16H,5-9H2,(H,15,17). The Morgan fingerprint density at radius 3 is 2.50 bits per heavy atom. The third-order valence-corrected chi connectivity index (χ3v) is 5.07. The largest absolute Gasteiger partial charge is 0.452 e. The minimum atomic E-state index is -3.06. The average Bonchev–Trinajstić information content (AvgIpc) is 2.83. The van der Waals surface area contributed by atoms with Crippen molar-refractivity contribution in [2.24, 2.45) is 0 Å². The van der Waals surface area contributed by atoms with E-state index < -0.39 is 34.4 Å². The Bertz CT molecular complexity index is 652. The minimum absolute atomic E-state index is 0.0644. The predicted octanol–water partition coefficient (Wildman–Crippen LogP) is -0.361. The van der Waals surface area contributed by atoms with Crippen LogP contribution < -0.4 is 5.32 Å². The quantitative estimate of drug-likeness (QED) is 0.715. The summed E-state index contributed by atoms with van der Waals surface area (Å²) in [5.74, 6) is -1.19.